The lowest BCUT2D eigenvalue weighted by Gasteiger charge is -2.39. The molecule has 1 aromatic rings. The number of amides is 1. The molecule has 1 spiro atoms. The van der Waals surface area contributed by atoms with E-state index < -0.39 is 0 Å². The van der Waals surface area contributed by atoms with Crippen molar-refractivity contribution in [1.29, 1.82) is 0 Å². The van der Waals surface area contributed by atoms with Crippen molar-refractivity contribution in [2.75, 3.05) is 32.9 Å². The van der Waals surface area contributed by atoms with Crippen molar-refractivity contribution in [3.8, 4) is 0 Å². The fourth-order valence-electron chi connectivity index (χ4n) is 3.67. The Morgan fingerprint density at radius 3 is 3.16 bits per heavy atom. The average Bonchev–Trinajstić information content (AvgIpc) is 3.00. The first-order valence-electron chi connectivity index (χ1n) is 9.14. The zero-order valence-corrected chi connectivity index (χ0v) is 15.2. The van der Waals surface area contributed by atoms with Crippen molar-refractivity contribution < 1.29 is 19.0 Å². The Kier molecular flexibility index (Phi) is 6.04. The third-order valence-corrected chi connectivity index (χ3v) is 4.91. The molecule has 0 aromatic carbocycles. The molecular weight excluding hydrogens is 320 g/mol. The number of carbonyl (C=O) groups is 1. The highest BCUT2D eigenvalue weighted by Gasteiger charge is 2.44. The topological polar surface area (TPSA) is 60.9 Å². The Bertz CT molecular complexity index is 595. The van der Waals surface area contributed by atoms with E-state index in [1.54, 1.807) is 0 Å². The summed E-state index contributed by atoms with van der Waals surface area (Å²) in [7, 11) is 0. The fourth-order valence-corrected chi connectivity index (χ4v) is 3.67. The van der Waals surface area contributed by atoms with Gasteiger partial charge < -0.3 is 19.1 Å². The summed E-state index contributed by atoms with van der Waals surface area (Å²) in [6.45, 7) is 7.11. The Labute approximate surface area is 149 Å². The van der Waals surface area contributed by atoms with Crippen molar-refractivity contribution in [3.63, 3.8) is 0 Å². The van der Waals surface area contributed by atoms with Crippen molar-refractivity contribution in [1.82, 2.24) is 9.88 Å². The summed E-state index contributed by atoms with van der Waals surface area (Å²) in [5.41, 5.74) is 1.68. The third-order valence-electron chi connectivity index (χ3n) is 4.91. The predicted octanol–water partition coefficient (Wildman–Crippen LogP) is 2.09. The minimum atomic E-state index is -0.259. The van der Waals surface area contributed by atoms with Gasteiger partial charge in [0.25, 0.3) is 0 Å². The number of hydrogen-bond acceptors (Lipinski definition) is 5. The molecule has 3 heterocycles. The van der Waals surface area contributed by atoms with Crippen LogP contribution in [0.5, 0.6) is 0 Å². The Hall–Kier alpha value is -1.50. The molecule has 0 N–H and O–H groups in total. The fraction of sp³-hybridized carbons (Fsp3) is 0.684. The summed E-state index contributed by atoms with van der Waals surface area (Å²) in [4.78, 5) is 18.6. The molecule has 3 rings (SSSR count). The summed E-state index contributed by atoms with van der Waals surface area (Å²) in [6, 6.07) is 5.96. The van der Waals surface area contributed by atoms with E-state index in [9.17, 15) is 4.79 Å². The summed E-state index contributed by atoms with van der Waals surface area (Å²) in [5, 5.41) is 0. The quantitative estimate of drug-likeness (QED) is 0.788. The van der Waals surface area contributed by atoms with E-state index in [2.05, 4.69) is 4.98 Å². The molecule has 2 atom stereocenters. The Balaban J connectivity index is 1.51. The largest absolute Gasteiger partial charge is 0.372 e. The molecule has 2 aliphatic heterocycles. The van der Waals surface area contributed by atoms with Gasteiger partial charge in [-0.05, 0) is 38.8 Å². The molecule has 6 nitrogen and oxygen atoms in total. The van der Waals surface area contributed by atoms with Crippen molar-refractivity contribution in [2.24, 2.45) is 0 Å². The second-order valence-corrected chi connectivity index (χ2v) is 6.96. The number of aromatic nitrogens is 1. The van der Waals surface area contributed by atoms with Crippen LogP contribution < -0.4 is 0 Å². The molecule has 0 saturated carbocycles. The number of rotatable bonds is 6. The Morgan fingerprint density at radius 1 is 1.48 bits per heavy atom. The maximum atomic E-state index is 12.2. The molecule has 0 aliphatic carbocycles. The number of nitrogens with zero attached hydrogens (tertiary/aromatic N) is 2. The number of ether oxygens (including phenoxy) is 3. The highest BCUT2D eigenvalue weighted by molar-refractivity contribution is 5.77. The van der Waals surface area contributed by atoms with Gasteiger partial charge in [-0.15, -0.1) is 0 Å². The first-order chi connectivity index (χ1) is 12.1. The number of hydrogen-bond donors (Lipinski definition) is 0. The minimum absolute atomic E-state index is 0.0536. The van der Waals surface area contributed by atoms with E-state index in [-0.39, 0.29) is 24.2 Å². The van der Waals surface area contributed by atoms with Crippen LogP contribution >= 0.6 is 0 Å². The van der Waals surface area contributed by atoms with Crippen molar-refractivity contribution in [3.05, 3.63) is 29.6 Å². The van der Waals surface area contributed by atoms with Crippen LogP contribution in [-0.4, -0.2) is 60.4 Å². The average molecular weight is 348 g/mol. The standard InChI is InChI=1S/C19H28N2O4/c1-3-23-13-18(22)21-9-5-8-19(14-21)10-17(12-25-19)24-11-16-7-4-6-15(2)20-16/h4,6-7,17H,3,5,8-14H2,1-2H3/t17-,19+/m1/s1. The number of aryl methyl sites for hydroxylation is 1. The second kappa shape index (κ2) is 8.25. The normalized spacial score (nSPS) is 26.3. The van der Waals surface area contributed by atoms with Crippen LogP contribution in [0.2, 0.25) is 0 Å². The van der Waals surface area contributed by atoms with Gasteiger partial charge in [0.2, 0.25) is 5.91 Å². The Morgan fingerprint density at radius 2 is 2.36 bits per heavy atom. The monoisotopic (exact) mass is 348 g/mol. The molecule has 2 aliphatic rings. The van der Waals surface area contributed by atoms with Crippen LogP contribution in [0.25, 0.3) is 0 Å². The molecule has 0 radical (unpaired) electrons. The lowest BCUT2D eigenvalue weighted by Crippen LogP contribution is -2.51. The van der Waals surface area contributed by atoms with Gasteiger partial charge in [-0.1, -0.05) is 6.07 Å². The van der Waals surface area contributed by atoms with Crippen LogP contribution in [-0.2, 0) is 25.6 Å². The molecule has 2 saturated heterocycles. The SMILES string of the molecule is CCOCC(=O)N1CCC[C@]2(C[C@@H](OCc3cccc(C)n3)CO2)C1. The molecule has 0 unspecified atom stereocenters. The molecule has 1 amide bonds. The summed E-state index contributed by atoms with van der Waals surface area (Å²) >= 11 is 0. The van der Waals surface area contributed by atoms with Gasteiger partial charge in [-0.2, -0.15) is 0 Å². The maximum absolute atomic E-state index is 12.2. The summed E-state index contributed by atoms with van der Waals surface area (Å²) < 4.78 is 17.4. The molecule has 25 heavy (non-hydrogen) atoms. The zero-order valence-electron chi connectivity index (χ0n) is 15.2. The van der Waals surface area contributed by atoms with E-state index in [0.29, 0.717) is 26.4 Å². The van der Waals surface area contributed by atoms with E-state index in [0.717, 1.165) is 37.2 Å². The highest BCUT2D eigenvalue weighted by atomic mass is 16.6. The molecular formula is C19H28N2O4. The third kappa shape index (κ3) is 4.77. The van der Waals surface area contributed by atoms with Gasteiger partial charge in [-0.3, -0.25) is 9.78 Å². The van der Waals surface area contributed by atoms with Crippen molar-refractivity contribution in [2.45, 2.75) is 51.4 Å². The molecule has 0 bridgehead atoms. The lowest BCUT2D eigenvalue weighted by molar-refractivity contribution is -0.143. The molecule has 1 aromatic heterocycles. The van der Waals surface area contributed by atoms with Gasteiger partial charge in [0.15, 0.2) is 0 Å². The van der Waals surface area contributed by atoms with Gasteiger partial charge in [-0.25, -0.2) is 0 Å². The second-order valence-electron chi connectivity index (χ2n) is 6.96. The molecule has 138 valence electrons. The van der Waals surface area contributed by atoms with Gasteiger partial charge >= 0.3 is 0 Å². The molecule has 2 fully saturated rings. The van der Waals surface area contributed by atoms with Crippen LogP contribution in [0.4, 0.5) is 0 Å². The number of carbonyl (C=O) groups excluding carboxylic acids is 1. The van der Waals surface area contributed by atoms with Gasteiger partial charge in [0.05, 0.1) is 30.6 Å². The zero-order chi connectivity index (χ0) is 17.7. The van der Waals surface area contributed by atoms with Crippen LogP contribution in [0, 0.1) is 6.92 Å². The lowest BCUT2D eigenvalue weighted by atomic mass is 9.89. The van der Waals surface area contributed by atoms with E-state index in [1.165, 1.54) is 0 Å². The summed E-state index contributed by atoms with van der Waals surface area (Å²) in [6.07, 6.45) is 2.83. The number of pyridine rings is 1. The highest BCUT2D eigenvalue weighted by Crippen LogP contribution is 2.36. The molecule has 6 heteroatoms. The van der Waals surface area contributed by atoms with Crippen LogP contribution in [0.1, 0.15) is 37.6 Å². The van der Waals surface area contributed by atoms with Crippen LogP contribution in [0.3, 0.4) is 0 Å². The van der Waals surface area contributed by atoms with E-state index >= 15 is 0 Å². The first kappa shape index (κ1) is 18.3. The maximum Gasteiger partial charge on any atom is 0.248 e. The number of piperidine rings is 1. The smallest absolute Gasteiger partial charge is 0.248 e. The summed E-state index contributed by atoms with van der Waals surface area (Å²) in [5.74, 6) is 0.0536. The predicted molar refractivity (Wildman–Crippen MR) is 93.2 cm³/mol. The van der Waals surface area contributed by atoms with E-state index in [4.69, 9.17) is 14.2 Å². The minimum Gasteiger partial charge on any atom is -0.372 e. The van der Waals surface area contributed by atoms with E-state index in [1.807, 2.05) is 36.9 Å². The van der Waals surface area contributed by atoms with Crippen LogP contribution in [0.15, 0.2) is 18.2 Å². The number of likely N-dealkylation sites (tertiary alicyclic amines) is 1. The first-order valence-corrected chi connectivity index (χ1v) is 9.14. The van der Waals surface area contributed by atoms with Gasteiger partial charge in [0, 0.05) is 31.8 Å². The van der Waals surface area contributed by atoms with Gasteiger partial charge in [0.1, 0.15) is 6.61 Å². The van der Waals surface area contributed by atoms with Crippen molar-refractivity contribution >= 4 is 5.91 Å².